The molecule has 0 radical (unpaired) electrons. The van der Waals surface area contributed by atoms with Gasteiger partial charge in [0.25, 0.3) is 0 Å². The van der Waals surface area contributed by atoms with Gasteiger partial charge in [-0.25, -0.2) is 9.38 Å². The number of halogens is 3. The molecule has 0 aliphatic heterocycles. The van der Waals surface area contributed by atoms with E-state index in [2.05, 4.69) is 10.3 Å². The van der Waals surface area contributed by atoms with Crippen LogP contribution in [0.15, 0.2) is 41.4 Å². The molecule has 0 bridgehead atoms. The van der Waals surface area contributed by atoms with Crippen LogP contribution in [0.2, 0.25) is 5.02 Å². The maximum Gasteiger partial charge on any atom is 0.193 e. The Morgan fingerprint density at radius 1 is 1.30 bits per heavy atom. The lowest BCUT2D eigenvalue weighted by molar-refractivity contribution is 0.415. The van der Waals surface area contributed by atoms with Crippen LogP contribution in [0.1, 0.15) is 11.1 Å². The number of rotatable bonds is 4. The Balaban J connectivity index is 0.00000264. The quantitative estimate of drug-likeness (QED) is 0.415. The molecule has 0 atom stereocenters. The number of aliphatic imine (C=N–C) groups is 1. The molecule has 7 heteroatoms. The number of nitrogens with zero attached hydrogens (tertiary/aromatic N) is 1. The average Bonchev–Trinajstić information content (AvgIpc) is 2.49. The summed E-state index contributed by atoms with van der Waals surface area (Å²) < 4.78 is 18.3. The predicted molar refractivity (Wildman–Crippen MR) is 104 cm³/mol. The van der Waals surface area contributed by atoms with Crippen molar-refractivity contribution < 1.29 is 9.13 Å². The Labute approximate surface area is 156 Å². The second-order valence-corrected chi connectivity index (χ2v) is 5.17. The van der Waals surface area contributed by atoms with Gasteiger partial charge in [-0.2, -0.15) is 0 Å². The minimum absolute atomic E-state index is 0. The van der Waals surface area contributed by atoms with E-state index in [1.165, 1.54) is 6.07 Å². The number of aryl methyl sites for hydroxylation is 1. The molecule has 0 saturated heterocycles. The molecule has 2 rings (SSSR count). The molecule has 0 spiro atoms. The summed E-state index contributed by atoms with van der Waals surface area (Å²) >= 11 is 6.04. The van der Waals surface area contributed by atoms with Gasteiger partial charge in [-0.05, 0) is 42.3 Å². The molecule has 2 aromatic rings. The molecule has 0 fully saturated rings. The van der Waals surface area contributed by atoms with E-state index in [1.807, 2.05) is 0 Å². The molecule has 124 valence electrons. The molecule has 2 aromatic carbocycles. The summed E-state index contributed by atoms with van der Waals surface area (Å²) in [5.41, 5.74) is 8.01. The molecule has 0 aliphatic rings. The number of guanidine groups is 1. The standard InChI is InChI=1S/C16H17ClFN3O.HI/c1-10-7-11(3-5-14(10)18)9-20-16(19)21-12-4-6-15(22-2)13(17)8-12;/h3-8H,9H2,1-2H3,(H3,19,20,21);1H. The zero-order chi connectivity index (χ0) is 16.1. The van der Waals surface area contributed by atoms with Crippen LogP contribution in [0.25, 0.3) is 0 Å². The van der Waals surface area contributed by atoms with E-state index in [0.29, 0.717) is 28.6 Å². The van der Waals surface area contributed by atoms with Crippen molar-refractivity contribution in [2.45, 2.75) is 13.5 Å². The van der Waals surface area contributed by atoms with Crippen molar-refractivity contribution in [2.24, 2.45) is 10.7 Å². The lowest BCUT2D eigenvalue weighted by Gasteiger charge is -2.08. The third kappa shape index (κ3) is 5.54. The fourth-order valence-electron chi connectivity index (χ4n) is 1.91. The smallest absolute Gasteiger partial charge is 0.193 e. The molecule has 3 N–H and O–H groups in total. The maximum absolute atomic E-state index is 13.2. The Hall–Kier alpha value is -1.54. The number of hydrogen-bond acceptors (Lipinski definition) is 2. The summed E-state index contributed by atoms with van der Waals surface area (Å²) in [5.74, 6) is 0.611. The summed E-state index contributed by atoms with van der Waals surface area (Å²) in [7, 11) is 1.55. The largest absolute Gasteiger partial charge is 0.495 e. The maximum atomic E-state index is 13.2. The molecular weight excluding hydrogens is 432 g/mol. The summed E-state index contributed by atoms with van der Waals surface area (Å²) in [4.78, 5) is 4.22. The predicted octanol–water partition coefficient (Wildman–Crippen LogP) is 4.34. The summed E-state index contributed by atoms with van der Waals surface area (Å²) in [6, 6.07) is 10.1. The van der Waals surface area contributed by atoms with Gasteiger partial charge in [0.2, 0.25) is 0 Å². The van der Waals surface area contributed by atoms with E-state index < -0.39 is 0 Å². The monoisotopic (exact) mass is 449 g/mol. The van der Waals surface area contributed by atoms with E-state index in [9.17, 15) is 4.39 Å². The number of nitrogens with two attached hydrogens (primary N) is 1. The highest BCUT2D eigenvalue weighted by atomic mass is 127. The van der Waals surface area contributed by atoms with Crippen molar-refractivity contribution in [2.75, 3.05) is 12.4 Å². The summed E-state index contributed by atoms with van der Waals surface area (Å²) in [6.07, 6.45) is 0. The second kappa shape index (κ2) is 8.93. The highest BCUT2D eigenvalue weighted by molar-refractivity contribution is 14.0. The first-order valence-electron chi connectivity index (χ1n) is 6.65. The second-order valence-electron chi connectivity index (χ2n) is 4.76. The Bertz CT molecular complexity index is 710. The van der Waals surface area contributed by atoms with Crippen LogP contribution < -0.4 is 15.8 Å². The molecule has 0 heterocycles. The van der Waals surface area contributed by atoms with Gasteiger partial charge in [-0.3, -0.25) is 0 Å². The number of methoxy groups -OCH3 is 1. The number of anilines is 1. The normalized spacial score (nSPS) is 10.9. The Kier molecular flexibility index (Phi) is 7.57. The molecular formula is C16H18ClFIN3O. The van der Waals surface area contributed by atoms with Crippen LogP contribution in [-0.2, 0) is 6.54 Å². The van der Waals surface area contributed by atoms with Crippen molar-refractivity contribution in [3.63, 3.8) is 0 Å². The van der Waals surface area contributed by atoms with Gasteiger partial charge in [0.05, 0.1) is 18.7 Å². The van der Waals surface area contributed by atoms with Gasteiger partial charge >= 0.3 is 0 Å². The van der Waals surface area contributed by atoms with Crippen LogP contribution in [-0.4, -0.2) is 13.1 Å². The SMILES string of the molecule is COc1ccc(NC(N)=NCc2ccc(F)c(C)c2)cc1Cl.I. The average molecular weight is 450 g/mol. The lowest BCUT2D eigenvalue weighted by atomic mass is 10.1. The molecule has 0 saturated carbocycles. The van der Waals surface area contributed by atoms with Crippen LogP contribution in [0.3, 0.4) is 0 Å². The fourth-order valence-corrected chi connectivity index (χ4v) is 2.17. The number of benzene rings is 2. The topological polar surface area (TPSA) is 59.6 Å². The summed E-state index contributed by atoms with van der Waals surface area (Å²) in [6.45, 7) is 2.08. The first-order valence-corrected chi connectivity index (χ1v) is 7.03. The first-order chi connectivity index (χ1) is 10.5. The van der Waals surface area contributed by atoms with E-state index in [-0.39, 0.29) is 35.8 Å². The van der Waals surface area contributed by atoms with Gasteiger partial charge in [-0.1, -0.05) is 23.7 Å². The minimum Gasteiger partial charge on any atom is -0.495 e. The Morgan fingerprint density at radius 2 is 2.04 bits per heavy atom. The molecule has 4 nitrogen and oxygen atoms in total. The third-order valence-electron chi connectivity index (χ3n) is 3.08. The fraction of sp³-hybridized carbons (Fsp3) is 0.188. The van der Waals surface area contributed by atoms with E-state index in [0.717, 1.165) is 5.56 Å². The molecule has 0 aliphatic carbocycles. The van der Waals surface area contributed by atoms with Gasteiger partial charge in [0.15, 0.2) is 5.96 Å². The zero-order valence-electron chi connectivity index (χ0n) is 12.8. The van der Waals surface area contributed by atoms with Crippen LogP contribution in [0.4, 0.5) is 10.1 Å². The number of nitrogens with one attached hydrogen (secondary N) is 1. The zero-order valence-corrected chi connectivity index (χ0v) is 15.9. The van der Waals surface area contributed by atoms with Crippen LogP contribution >= 0.6 is 35.6 Å². The van der Waals surface area contributed by atoms with E-state index in [4.69, 9.17) is 22.1 Å². The van der Waals surface area contributed by atoms with Crippen molar-refractivity contribution in [3.8, 4) is 5.75 Å². The molecule has 0 amide bonds. The number of ether oxygens (including phenoxy) is 1. The Morgan fingerprint density at radius 3 is 2.65 bits per heavy atom. The van der Waals surface area contributed by atoms with Crippen molar-refractivity contribution in [3.05, 3.63) is 58.4 Å². The number of hydrogen-bond donors (Lipinski definition) is 2. The van der Waals surface area contributed by atoms with Gasteiger partial charge in [0.1, 0.15) is 11.6 Å². The molecule has 23 heavy (non-hydrogen) atoms. The first kappa shape index (κ1) is 19.5. The highest BCUT2D eigenvalue weighted by Crippen LogP contribution is 2.27. The summed E-state index contributed by atoms with van der Waals surface area (Å²) in [5, 5.41) is 3.42. The highest BCUT2D eigenvalue weighted by Gasteiger charge is 2.03. The van der Waals surface area contributed by atoms with Crippen LogP contribution in [0.5, 0.6) is 5.75 Å². The van der Waals surface area contributed by atoms with E-state index in [1.54, 1.807) is 44.4 Å². The minimum atomic E-state index is -0.230. The van der Waals surface area contributed by atoms with Crippen molar-refractivity contribution in [1.82, 2.24) is 0 Å². The van der Waals surface area contributed by atoms with Crippen molar-refractivity contribution >= 4 is 47.2 Å². The lowest BCUT2D eigenvalue weighted by Crippen LogP contribution is -2.22. The molecule has 0 unspecified atom stereocenters. The van der Waals surface area contributed by atoms with Gasteiger partial charge in [0, 0.05) is 5.69 Å². The van der Waals surface area contributed by atoms with E-state index >= 15 is 0 Å². The third-order valence-corrected chi connectivity index (χ3v) is 3.37. The van der Waals surface area contributed by atoms with Crippen LogP contribution in [0, 0.1) is 12.7 Å². The van der Waals surface area contributed by atoms with Crippen molar-refractivity contribution in [1.29, 1.82) is 0 Å². The molecule has 0 aromatic heterocycles. The van der Waals surface area contributed by atoms with Gasteiger partial charge < -0.3 is 15.8 Å². The van der Waals surface area contributed by atoms with Gasteiger partial charge in [-0.15, -0.1) is 24.0 Å².